The maximum atomic E-state index is 12.8. The molecule has 0 spiro atoms. The topological polar surface area (TPSA) is 41.7 Å². The number of hydrogen-bond donors (Lipinski definition) is 0. The summed E-state index contributed by atoms with van der Waals surface area (Å²) in [6, 6.07) is 22.6. The van der Waals surface area contributed by atoms with Gasteiger partial charge < -0.3 is 9.26 Å². The Balaban J connectivity index is 1.08. The molecule has 9 heteroatoms. The number of halogens is 4. The van der Waals surface area contributed by atoms with Gasteiger partial charge in [-0.05, 0) is 59.7 Å². The van der Waals surface area contributed by atoms with Gasteiger partial charge in [0.1, 0.15) is 12.4 Å². The average Bonchev–Trinajstić information content (AvgIpc) is 3.38. The monoisotopic (exact) mass is 541 g/mol. The van der Waals surface area contributed by atoms with Crippen LogP contribution in [-0.4, -0.2) is 41.1 Å². The van der Waals surface area contributed by atoms with Crippen molar-refractivity contribution in [2.45, 2.75) is 25.9 Å². The van der Waals surface area contributed by atoms with Crippen LogP contribution in [0, 0.1) is 0 Å². The SMILES string of the molecule is FC(F)(F)c1ccc(CN2CCN(Cc3cc(-c4ccc(OCc5ccc(Cl)cc5)cc4)on3)CC2)cc1. The lowest BCUT2D eigenvalue weighted by Gasteiger charge is -2.34. The van der Waals surface area contributed by atoms with Crippen molar-refractivity contribution in [3.05, 3.63) is 106 Å². The zero-order chi connectivity index (χ0) is 26.5. The number of benzene rings is 3. The summed E-state index contributed by atoms with van der Waals surface area (Å²) in [5.74, 6) is 1.46. The maximum absolute atomic E-state index is 12.8. The van der Waals surface area contributed by atoms with Crippen LogP contribution in [0.3, 0.4) is 0 Å². The highest BCUT2D eigenvalue weighted by Gasteiger charge is 2.30. The van der Waals surface area contributed by atoms with Crippen molar-refractivity contribution in [3.8, 4) is 17.1 Å². The molecule has 38 heavy (non-hydrogen) atoms. The van der Waals surface area contributed by atoms with Crippen molar-refractivity contribution in [1.29, 1.82) is 0 Å². The van der Waals surface area contributed by atoms with Crippen LogP contribution in [0.1, 0.15) is 22.4 Å². The number of ether oxygens (including phenoxy) is 1. The van der Waals surface area contributed by atoms with E-state index in [0.717, 1.165) is 66.4 Å². The van der Waals surface area contributed by atoms with Gasteiger partial charge in [0.05, 0.1) is 11.3 Å². The summed E-state index contributed by atoms with van der Waals surface area (Å²) < 4.78 is 49.7. The van der Waals surface area contributed by atoms with Crippen molar-refractivity contribution in [1.82, 2.24) is 15.0 Å². The Kier molecular flexibility index (Phi) is 8.02. The third-order valence-corrected chi connectivity index (χ3v) is 6.81. The van der Waals surface area contributed by atoms with Crippen LogP contribution in [0.5, 0.6) is 5.75 Å². The number of piperazine rings is 1. The molecule has 1 aliphatic heterocycles. The van der Waals surface area contributed by atoms with Gasteiger partial charge in [-0.1, -0.05) is 41.0 Å². The standard InChI is InChI=1S/C29H27ClF3N3O2/c30-25-9-3-22(4-10-25)20-37-27-11-5-23(6-12-27)28-17-26(34-38-28)19-36-15-13-35(14-16-36)18-21-1-7-24(8-2-21)29(31,32)33/h1-12,17H,13-16,18-20H2. The largest absolute Gasteiger partial charge is 0.489 e. The van der Waals surface area contributed by atoms with E-state index in [9.17, 15) is 13.2 Å². The number of hydrogen-bond acceptors (Lipinski definition) is 5. The van der Waals surface area contributed by atoms with Crippen LogP contribution in [0.2, 0.25) is 5.02 Å². The first-order valence-electron chi connectivity index (χ1n) is 12.4. The van der Waals surface area contributed by atoms with Crippen LogP contribution in [0.25, 0.3) is 11.3 Å². The fourth-order valence-corrected chi connectivity index (χ4v) is 4.50. The zero-order valence-corrected chi connectivity index (χ0v) is 21.4. The first-order chi connectivity index (χ1) is 18.3. The first-order valence-corrected chi connectivity index (χ1v) is 12.7. The number of alkyl halides is 3. The molecular weight excluding hydrogens is 515 g/mol. The number of aromatic nitrogens is 1. The van der Waals surface area contributed by atoms with Gasteiger partial charge in [0.25, 0.3) is 0 Å². The van der Waals surface area contributed by atoms with Gasteiger partial charge in [0.2, 0.25) is 0 Å². The third-order valence-electron chi connectivity index (χ3n) is 6.55. The molecule has 0 aliphatic carbocycles. The summed E-state index contributed by atoms with van der Waals surface area (Å²) in [4.78, 5) is 4.56. The van der Waals surface area contributed by atoms with Crippen LogP contribution in [0.15, 0.2) is 83.4 Å². The van der Waals surface area contributed by atoms with Crippen molar-refractivity contribution in [2.75, 3.05) is 26.2 Å². The molecule has 0 radical (unpaired) electrons. The summed E-state index contributed by atoms with van der Waals surface area (Å²) in [5.41, 5.74) is 3.09. The number of rotatable bonds is 8. The van der Waals surface area contributed by atoms with Crippen LogP contribution < -0.4 is 4.74 Å². The molecule has 1 aliphatic rings. The molecule has 2 heterocycles. The van der Waals surface area contributed by atoms with Gasteiger partial charge in [-0.3, -0.25) is 9.80 Å². The van der Waals surface area contributed by atoms with E-state index in [4.69, 9.17) is 20.9 Å². The lowest BCUT2D eigenvalue weighted by molar-refractivity contribution is -0.137. The molecule has 0 unspecified atom stereocenters. The van der Waals surface area contributed by atoms with Gasteiger partial charge in [0, 0.05) is 55.9 Å². The molecule has 5 rings (SSSR count). The molecule has 0 atom stereocenters. The smallest absolute Gasteiger partial charge is 0.416 e. The summed E-state index contributed by atoms with van der Waals surface area (Å²) >= 11 is 5.92. The molecule has 0 saturated carbocycles. The second-order valence-electron chi connectivity index (χ2n) is 9.37. The third kappa shape index (κ3) is 6.95. The lowest BCUT2D eigenvalue weighted by atomic mass is 10.1. The zero-order valence-electron chi connectivity index (χ0n) is 20.6. The molecule has 5 nitrogen and oxygen atoms in total. The molecule has 1 saturated heterocycles. The first kappa shape index (κ1) is 26.3. The van der Waals surface area contributed by atoms with E-state index in [0.29, 0.717) is 30.5 Å². The van der Waals surface area contributed by atoms with Crippen molar-refractivity contribution in [3.63, 3.8) is 0 Å². The molecule has 0 amide bonds. The van der Waals surface area contributed by atoms with E-state index in [-0.39, 0.29) is 0 Å². The molecule has 1 aromatic heterocycles. The van der Waals surface area contributed by atoms with E-state index < -0.39 is 11.7 Å². The minimum absolute atomic E-state index is 0.459. The number of nitrogens with zero attached hydrogens (tertiary/aromatic N) is 3. The predicted octanol–water partition coefficient (Wildman–Crippen LogP) is 6.91. The predicted molar refractivity (Wildman–Crippen MR) is 140 cm³/mol. The summed E-state index contributed by atoms with van der Waals surface area (Å²) in [5, 5.41) is 4.94. The highest BCUT2D eigenvalue weighted by Crippen LogP contribution is 2.29. The van der Waals surface area contributed by atoms with Gasteiger partial charge in [-0.2, -0.15) is 13.2 Å². The Morgan fingerprint density at radius 3 is 2.03 bits per heavy atom. The van der Waals surface area contributed by atoms with E-state index in [1.54, 1.807) is 12.1 Å². The Morgan fingerprint density at radius 1 is 0.789 bits per heavy atom. The minimum atomic E-state index is -4.30. The normalized spacial score (nSPS) is 15.1. The van der Waals surface area contributed by atoms with E-state index in [1.807, 2.05) is 54.6 Å². The minimum Gasteiger partial charge on any atom is -0.489 e. The summed E-state index contributed by atoms with van der Waals surface area (Å²) in [7, 11) is 0. The highest BCUT2D eigenvalue weighted by atomic mass is 35.5. The molecule has 0 bridgehead atoms. The molecule has 198 valence electrons. The van der Waals surface area contributed by atoms with E-state index >= 15 is 0 Å². The molecule has 0 N–H and O–H groups in total. The van der Waals surface area contributed by atoms with Gasteiger partial charge in [-0.15, -0.1) is 0 Å². The van der Waals surface area contributed by atoms with E-state index in [1.165, 1.54) is 0 Å². The van der Waals surface area contributed by atoms with Crippen molar-refractivity contribution >= 4 is 11.6 Å². The molecule has 1 fully saturated rings. The van der Waals surface area contributed by atoms with E-state index in [2.05, 4.69) is 15.0 Å². The molecule has 4 aromatic rings. The maximum Gasteiger partial charge on any atom is 0.416 e. The van der Waals surface area contributed by atoms with Crippen LogP contribution in [-0.2, 0) is 25.9 Å². The fraction of sp³-hybridized carbons (Fsp3) is 0.276. The summed E-state index contributed by atoms with van der Waals surface area (Å²) in [6.45, 7) is 5.15. The Hall–Kier alpha value is -3.33. The summed E-state index contributed by atoms with van der Waals surface area (Å²) in [6.07, 6.45) is -4.30. The molecular formula is C29H27ClF3N3O2. The van der Waals surface area contributed by atoms with Gasteiger partial charge >= 0.3 is 6.18 Å². The van der Waals surface area contributed by atoms with Crippen molar-refractivity contribution in [2.24, 2.45) is 0 Å². The Bertz CT molecular complexity index is 1320. The fourth-order valence-electron chi connectivity index (χ4n) is 4.38. The lowest BCUT2D eigenvalue weighted by Crippen LogP contribution is -2.45. The second kappa shape index (κ2) is 11.6. The molecule has 3 aromatic carbocycles. The highest BCUT2D eigenvalue weighted by molar-refractivity contribution is 6.30. The van der Waals surface area contributed by atoms with Crippen LogP contribution >= 0.6 is 11.6 Å². The van der Waals surface area contributed by atoms with Crippen LogP contribution in [0.4, 0.5) is 13.2 Å². The van der Waals surface area contributed by atoms with Gasteiger partial charge in [0.15, 0.2) is 5.76 Å². The van der Waals surface area contributed by atoms with Gasteiger partial charge in [-0.25, -0.2) is 0 Å². The Morgan fingerprint density at radius 2 is 1.39 bits per heavy atom. The second-order valence-corrected chi connectivity index (χ2v) is 9.81. The van der Waals surface area contributed by atoms with Crippen molar-refractivity contribution < 1.29 is 22.4 Å². The Labute approximate surface area is 224 Å². The average molecular weight is 542 g/mol. The quantitative estimate of drug-likeness (QED) is 0.242.